The highest BCUT2D eigenvalue weighted by Gasteiger charge is 2.46. The molecule has 1 aliphatic rings. The summed E-state index contributed by atoms with van der Waals surface area (Å²) in [6.07, 6.45) is 1.02. The lowest BCUT2D eigenvalue weighted by molar-refractivity contribution is -0.143. The van der Waals surface area contributed by atoms with E-state index in [-0.39, 0.29) is 17.4 Å². The van der Waals surface area contributed by atoms with Crippen LogP contribution < -0.4 is 5.32 Å². The Bertz CT molecular complexity index is 591. The highest BCUT2D eigenvalue weighted by atomic mass is 19.2. The van der Waals surface area contributed by atoms with Crippen LogP contribution in [0.2, 0.25) is 0 Å². The molecule has 0 heterocycles. The number of carbonyl (C=O) groups is 2. The summed E-state index contributed by atoms with van der Waals surface area (Å²) in [7, 11) is 0. The number of nitrogens with one attached hydrogen (secondary N) is 1. The molecule has 22 heavy (non-hydrogen) atoms. The Morgan fingerprint density at radius 3 is 2.68 bits per heavy atom. The molecule has 0 aromatic heterocycles. The van der Waals surface area contributed by atoms with E-state index in [2.05, 4.69) is 5.32 Å². The lowest BCUT2D eigenvalue weighted by Crippen LogP contribution is -2.45. The molecule has 0 spiro atoms. The number of carboxylic acids is 1. The van der Waals surface area contributed by atoms with Gasteiger partial charge in [0.05, 0.1) is 0 Å². The quantitative estimate of drug-likeness (QED) is 0.849. The smallest absolute Gasteiger partial charge is 0.326 e. The van der Waals surface area contributed by atoms with Gasteiger partial charge in [-0.3, -0.25) is 4.79 Å². The van der Waals surface area contributed by atoms with Gasteiger partial charge in [-0.25, -0.2) is 13.6 Å². The van der Waals surface area contributed by atoms with Crippen molar-refractivity contribution in [3.8, 4) is 0 Å². The first-order chi connectivity index (χ1) is 10.4. The molecule has 6 heteroatoms. The molecule has 1 fully saturated rings. The van der Waals surface area contributed by atoms with E-state index < -0.39 is 35.5 Å². The fourth-order valence-electron chi connectivity index (χ4n) is 2.58. The molecule has 1 aromatic carbocycles. The van der Waals surface area contributed by atoms with Crippen molar-refractivity contribution >= 4 is 11.9 Å². The van der Waals surface area contributed by atoms with Crippen molar-refractivity contribution in [3.05, 3.63) is 35.4 Å². The second kappa shape index (κ2) is 6.42. The van der Waals surface area contributed by atoms with Gasteiger partial charge in [0.1, 0.15) is 6.04 Å². The van der Waals surface area contributed by atoms with Crippen LogP contribution in [0.5, 0.6) is 0 Å². The first kappa shape index (κ1) is 16.4. The zero-order valence-corrected chi connectivity index (χ0v) is 12.5. The van der Waals surface area contributed by atoms with Crippen LogP contribution in [0.15, 0.2) is 18.2 Å². The molecule has 0 bridgehead atoms. The minimum atomic E-state index is -1.09. The van der Waals surface area contributed by atoms with E-state index in [1.165, 1.54) is 12.1 Å². The largest absolute Gasteiger partial charge is 0.480 e. The van der Waals surface area contributed by atoms with Crippen molar-refractivity contribution in [2.24, 2.45) is 11.8 Å². The van der Waals surface area contributed by atoms with Gasteiger partial charge in [-0.05, 0) is 29.9 Å². The van der Waals surface area contributed by atoms with E-state index in [1.54, 1.807) is 6.92 Å². The Labute approximate surface area is 127 Å². The highest BCUT2D eigenvalue weighted by molar-refractivity contribution is 5.87. The SMILES string of the molecule is CC[C@H](C)[C@H](NC(=O)C1CC1c1cccc(F)c1F)C(=O)O. The molecule has 0 aliphatic heterocycles. The number of amides is 1. The third-order valence-corrected chi connectivity index (χ3v) is 4.28. The van der Waals surface area contributed by atoms with Gasteiger partial charge in [0.25, 0.3) is 0 Å². The lowest BCUT2D eigenvalue weighted by atomic mass is 9.99. The van der Waals surface area contributed by atoms with Crippen molar-refractivity contribution in [2.75, 3.05) is 0 Å². The van der Waals surface area contributed by atoms with Crippen molar-refractivity contribution in [1.29, 1.82) is 0 Å². The second-order valence-electron chi connectivity index (χ2n) is 5.80. The standard InChI is InChI=1S/C16H19F2NO3/c1-3-8(2)14(16(21)22)19-15(20)11-7-10(11)9-5-4-6-12(17)13(9)18/h4-6,8,10-11,14H,3,7H2,1-2H3,(H,19,20)(H,21,22)/t8-,10?,11?,14-/m0/s1. The van der Waals surface area contributed by atoms with Crippen LogP contribution in [-0.2, 0) is 9.59 Å². The number of hydrogen-bond donors (Lipinski definition) is 2. The molecular formula is C16H19F2NO3. The van der Waals surface area contributed by atoms with Crippen LogP contribution >= 0.6 is 0 Å². The Morgan fingerprint density at radius 2 is 2.09 bits per heavy atom. The van der Waals surface area contributed by atoms with Gasteiger partial charge in [-0.1, -0.05) is 32.4 Å². The summed E-state index contributed by atoms with van der Waals surface area (Å²) in [5, 5.41) is 11.7. The van der Waals surface area contributed by atoms with Crippen LogP contribution in [-0.4, -0.2) is 23.0 Å². The molecular weight excluding hydrogens is 292 g/mol. The molecule has 0 radical (unpaired) electrons. The van der Waals surface area contributed by atoms with E-state index in [0.29, 0.717) is 12.8 Å². The molecule has 2 unspecified atom stereocenters. The van der Waals surface area contributed by atoms with Crippen molar-refractivity contribution < 1.29 is 23.5 Å². The fraction of sp³-hybridized carbons (Fsp3) is 0.500. The summed E-state index contributed by atoms with van der Waals surface area (Å²) in [4.78, 5) is 23.3. The molecule has 1 amide bonds. The minimum Gasteiger partial charge on any atom is -0.480 e. The number of benzene rings is 1. The molecule has 2 N–H and O–H groups in total. The predicted molar refractivity (Wildman–Crippen MR) is 76.2 cm³/mol. The Morgan fingerprint density at radius 1 is 1.41 bits per heavy atom. The maximum Gasteiger partial charge on any atom is 0.326 e. The zero-order valence-electron chi connectivity index (χ0n) is 12.5. The van der Waals surface area contributed by atoms with Crippen LogP contribution in [0.4, 0.5) is 8.78 Å². The third-order valence-electron chi connectivity index (χ3n) is 4.28. The van der Waals surface area contributed by atoms with Gasteiger partial charge in [0.15, 0.2) is 11.6 Å². The number of carboxylic acid groups (broad SMARTS) is 1. The summed E-state index contributed by atoms with van der Waals surface area (Å²) in [6.45, 7) is 3.59. The van der Waals surface area contributed by atoms with E-state index >= 15 is 0 Å². The number of hydrogen-bond acceptors (Lipinski definition) is 2. The lowest BCUT2D eigenvalue weighted by Gasteiger charge is -2.20. The summed E-state index contributed by atoms with van der Waals surface area (Å²) in [6, 6.07) is 2.93. The van der Waals surface area contributed by atoms with Crippen LogP contribution in [0, 0.1) is 23.5 Å². The van der Waals surface area contributed by atoms with E-state index in [1.807, 2.05) is 6.92 Å². The predicted octanol–water partition coefficient (Wildman–Crippen LogP) is 2.68. The van der Waals surface area contributed by atoms with E-state index in [9.17, 15) is 18.4 Å². The third kappa shape index (κ3) is 3.26. The average molecular weight is 311 g/mol. The van der Waals surface area contributed by atoms with E-state index in [0.717, 1.165) is 6.07 Å². The molecule has 120 valence electrons. The van der Waals surface area contributed by atoms with Crippen LogP contribution in [0.1, 0.15) is 38.2 Å². The topological polar surface area (TPSA) is 66.4 Å². The summed E-state index contributed by atoms with van der Waals surface area (Å²) in [5.41, 5.74) is 0.176. The second-order valence-corrected chi connectivity index (χ2v) is 5.80. The molecule has 1 aliphatic carbocycles. The Kier molecular flexibility index (Phi) is 4.78. The maximum absolute atomic E-state index is 13.7. The number of carbonyl (C=O) groups excluding carboxylic acids is 1. The molecule has 2 rings (SSSR count). The maximum atomic E-state index is 13.7. The summed E-state index contributed by atoms with van der Waals surface area (Å²) >= 11 is 0. The van der Waals surface area contributed by atoms with Crippen molar-refractivity contribution in [2.45, 2.75) is 38.6 Å². The Balaban J connectivity index is 2.04. The summed E-state index contributed by atoms with van der Waals surface area (Å²) < 4.78 is 26.9. The molecule has 4 nitrogen and oxygen atoms in total. The van der Waals surface area contributed by atoms with Gasteiger partial charge >= 0.3 is 5.97 Å². The molecule has 1 saturated carbocycles. The van der Waals surface area contributed by atoms with Gasteiger partial charge in [0, 0.05) is 5.92 Å². The van der Waals surface area contributed by atoms with Gasteiger partial charge in [-0.15, -0.1) is 0 Å². The first-order valence-electron chi connectivity index (χ1n) is 7.33. The van der Waals surface area contributed by atoms with Crippen molar-refractivity contribution in [3.63, 3.8) is 0 Å². The first-order valence-corrected chi connectivity index (χ1v) is 7.33. The van der Waals surface area contributed by atoms with Crippen LogP contribution in [0.3, 0.4) is 0 Å². The van der Waals surface area contributed by atoms with Gasteiger partial charge in [-0.2, -0.15) is 0 Å². The van der Waals surface area contributed by atoms with E-state index in [4.69, 9.17) is 5.11 Å². The fourth-order valence-corrected chi connectivity index (χ4v) is 2.58. The summed E-state index contributed by atoms with van der Waals surface area (Å²) in [5.74, 6) is -4.46. The molecule has 0 saturated heterocycles. The van der Waals surface area contributed by atoms with Crippen LogP contribution in [0.25, 0.3) is 0 Å². The number of rotatable bonds is 6. The number of halogens is 2. The Hall–Kier alpha value is -1.98. The van der Waals surface area contributed by atoms with Crippen molar-refractivity contribution in [1.82, 2.24) is 5.32 Å². The number of aliphatic carboxylic acids is 1. The average Bonchev–Trinajstić information content (AvgIpc) is 3.26. The van der Waals surface area contributed by atoms with Gasteiger partial charge in [0.2, 0.25) is 5.91 Å². The normalized spacial score (nSPS) is 22.7. The monoisotopic (exact) mass is 311 g/mol. The molecule has 1 aromatic rings. The van der Waals surface area contributed by atoms with Gasteiger partial charge < -0.3 is 10.4 Å². The minimum absolute atomic E-state index is 0.176. The molecule has 4 atom stereocenters. The zero-order chi connectivity index (χ0) is 16.4. The highest BCUT2D eigenvalue weighted by Crippen LogP contribution is 2.48.